The Labute approximate surface area is 160 Å². The van der Waals surface area contributed by atoms with Crippen molar-refractivity contribution in [2.45, 2.75) is 38.9 Å². The largest absolute Gasteiger partial charge is 0.493 e. The third-order valence-electron chi connectivity index (χ3n) is 3.73. The minimum absolute atomic E-state index is 0.200. The van der Waals surface area contributed by atoms with Crippen LogP contribution in [-0.2, 0) is 17.2 Å². The second-order valence-electron chi connectivity index (χ2n) is 6.79. The lowest BCUT2D eigenvalue weighted by Crippen LogP contribution is -2.38. The molecule has 0 fully saturated rings. The van der Waals surface area contributed by atoms with Crippen LogP contribution in [0.4, 0.5) is 0 Å². The molecular formula is C19H33N3O3S. The van der Waals surface area contributed by atoms with Gasteiger partial charge in [-0.2, -0.15) is 0 Å². The lowest BCUT2D eigenvalue weighted by Gasteiger charge is -2.17. The fraction of sp³-hybridized carbons (Fsp3) is 0.632. The summed E-state index contributed by atoms with van der Waals surface area (Å²) in [6.45, 7) is 10.0. The van der Waals surface area contributed by atoms with E-state index in [0.29, 0.717) is 12.3 Å². The van der Waals surface area contributed by atoms with Gasteiger partial charge in [-0.25, -0.2) is 0 Å². The Bertz CT molecular complexity index is 613. The summed E-state index contributed by atoms with van der Waals surface area (Å²) in [5.41, 5.74) is 1.15. The normalized spacial score (nSPS) is 13.2. The first-order valence-electron chi connectivity index (χ1n) is 8.93. The van der Waals surface area contributed by atoms with Crippen LogP contribution >= 0.6 is 0 Å². The zero-order valence-corrected chi connectivity index (χ0v) is 17.7. The van der Waals surface area contributed by atoms with Gasteiger partial charge in [-0.05, 0) is 51.8 Å². The van der Waals surface area contributed by atoms with Crippen molar-refractivity contribution in [3.05, 3.63) is 23.8 Å². The minimum Gasteiger partial charge on any atom is -0.493 e. The number of guanidine groups is 1. The zero-order valence-electron chi connectivity index (χ0n) is 16.8. The SMILES string of the molecule is CCNC(=NCCS(=O)C(C)(C)C)NCCc1ccc(OC)c(OC)c1. The fourth-order valence-corrected chi connectivity index (χ4v) is 3.12. The molecule has 7 heteroatoms. The molecule has 0 aliphatic carbocycles. The van der Waals surface area contributed by atoms with Gasteiger partial charge in [-0.15, -0.1) is 0 Å². The summed E-state index contributed by atoms with van der Waals surface area (Å²) in [5, 5.41) is 6.53. The van der Waals surface area contributed by atoms with Crippen LogP contribution in [0.15, 0.2) is 23.2 Å². The molecule has 0 aliphatic rings. The molecule has 6 nitrogen and oxygen atoms in total. The van der Waals surface area contributed by atoms with E-state index in [0.717, 1.165) is 42.5 Å². The Morgan fingerprint density at radius 2 is 1.85 bits per heavy atom. The molecule has 0 amide bonds. The molecule has 2 N–H and O–H groups in total. The van der Waals surface area contributed by atoms with Gasteiger partial charge in [0.1, 0.15) is 0 Å². The van der Waals surface area contributed by atoms with Gasteiger partial charge < -0.3 is 20.1 Å². The van der Waals surface area contributed by atoms with Crippen molar-refractivity contribution in [1.82, 2.24) is 10.6 Å². The summed E-state index contributed by atoms with van der Waals surface area (Å²) in [4.78, 5) is 4.52. The molecule has 1 unspecified atom stereocenters. The average molecular weight is 384 g/mol. The predicted octanol–water partition coefficient (Wildman–Crippen LogP) is 2.35. The number of hydrogen-bond donors (Lipinski definition) is 2. The van der Waals surface area contributed by atoms with Crippen molar-refractivity contribution in [3.8, 4) is 11.5 Å². The average Bonchev–Trinajstić information content (AvgIpc) is 2.60. The number of benzene rings is 1. The zero-order chi connectivity index (χ0) is 19.6. The number of aliphatic imine (C=N–C) groups is 1. The van der Waals surface area contributed by atoms with E-state index in [4.69, 9.17) is 9.47 Å². The van der Waals surface area contributed by atoms with Crippen LogP contribution in [0.1, 0.15) is 33.3 Å². The highest BCUT2D eigenvalue weighted by Gasteiger charge is 2.18. The minimum atomic E-state index is -0.889. The van der Waals surface area contributed by atoms with Crippen LogP contribution in [0, 0.1) is 0 Å². The molecule has 0 saturated carbocycles. The highest BCUT2D eigenvalue weighted by Crippen LogP contribution is 2.27. The van der Waals surface area contributed by atoms with Crippen LogP contribution in [0.5, 0.6) is 11.5 Å². The maximum atomic E-state index is 12.1. The molecule has 0 spiro atoms. The van der Waals surface area contributed by atoms with Crippen molar-refractivity contribution >= 4 is 16.8 Å². The maximum Gasteiger partial charge on any atom is 0.191 e. The number of rotatable bonds is 9. The lowest BCUT2D eigenvalue weighted by atomic mass is 10.1. The van der Waals surface area contributed by atoms with Crippen molar-refractivity contribution in [1.29, 1.82) is 0 Å². The van der Waals surface area contributed by atoms with Gasteiger partial charge in [-0.3, -0.25) is 9.20 Å². The Kier molecular flexibility index (Phi) is 9.48. The van der Waals surface area contributed by atoms with Crippen molar-refractivity contribution in [2.24, 2.45) is 4.99 Å². The Hall–Kier alpha value is -1.76. The summed E-state index contributed by atoms with van der Waals surface area (Å²) in [5.74, 6) is 2.77. The number of ether oxygens (including phenoxy) is 2. The second kappa shape index (κ2) is 11.1. The quantitative estimate of drug-likeness (QED) is 0.506. The smallest absolute Gasteiger partial charge is 0.191 e. The number of methoxy groups -OCH3 is 2. The predicted molar refractivity (Wildman–Crippen MR) is 110 cm³/mol. The Balaban J connectivity index is 2.55. The molecule has 0 aliphatic heterocycles. The van der Waals surface area contributed by atoms with E-state index >= 15 is 0 Å². The highest BCUT2D eigenvalue weighted by atomic mass is 32.2. The van der Waals surface area contributed by atoms with Crippen LogP contribution in [0.2, 0.25) is 0 Å². The standard InChI is InChI=1S/C19H33N3O3S/c1-7-20-18(22-12-13-26(23)19(2,3)4)21-11-10-15-8-9-16(24-5)17(14-15)25-6/h8-9,14H,7,10-13H2,1-6H3,(H2,20,21,22). The Morgan fingerprint density at radius 3 is 2.42 bits per heavy atom. The molecule has 0 bridgehead atoms. The molecule has 0 saturated heterocycles. The molecule has 26 heavy (non-hydrogen) atoms. The van der Waals surface area contributed by atoms with Gasteiger partial charge in [0.15, 0.2) is 17.5 Å². The van der Waals surface area contributed by atoms with Crippen LogP contribution < -0.4 is 20.1 Å². The van der Waals surface area contributed by atoms with Gasteiger partial charge in [0.25, 0.3) is 0 Å². The van der Waals surface area contributed by atoms with E-state index in [1.165, 1.54) is 0 Å². The van der Waals surface area contributed by atoms with Crippen LogP contribution in [-0.4, -0.2) is 54.5 Å². The molecule has 0 heterocycles. The van der Waals surface area contributed by atoms with E-state index < -0.39 is 10.8 Å². The molecule has 0 aromatic heterocycles. The summed E-state index contributed by atoms with van der Waals surface area (Å²) in [7, 11) is 2.38. The van der Waals surface area contributed by atoms with Gasteiger partial charge in [-0.1, -0.05) is 6.07 Å². The van der Waals surface area contributed by atoms with E-state index in [9.17, 15) is 4.21 Å². The summed E-state index contributed by atoms with van der Waals surface area (Å²) in [6, 6.07) is 5.92. The fourth-order valence-electron chi connectivity index (χ4n) is 2.25. The highest BCUT2D eigenvalue weighted by molar-refractivity contribution is 7.86. The van der Waals surface area contributed by atoms with Crippen LogP contribution in [0.3, 0.4) is 0 Å². The van der Waals surface area contributed by atoms with E-state index in [-0.39, 0.29) is 4.75 Å². The molecule has 1 aromatic carbocycles. The first kappa shape index (κ1) is 22.3. The molecule has 1 aromatic rings. The van der Waals surface area contributed by atoms with E-state index in [2.05, 4.69) is 15.6 Å². The number of nitrogens with zero attached hydrogens (tertiary/aromatic N) is 1. The van der Waals surface area contributed by atoms with Gasteiger partial charge in [0.2, 0.25) is 0 Å². The maximum absolute atomic E-state index is 12.1. The number of nitrogens with one attached hydrogen (secondary N) is 2. The topological polar surface area (TPSA) is 72.0 Å². The van der Waals surface area contributed by atoms with Gasteiger partial charge in [0.05, 0.1) is 20.8 Å². The second-order valence-corrected chi connectivity index (χ2v) is 9.11. The summed E-state index contributed by atoms with van der Waals surface area (Å²) in [6.07, 6.45) is 0.832. The summed E-state index contributed by atoms with van der Waals surface area (Å²) < 4.78 is 22.5. The lowest BCUT2D eigenvalue weighted by molar-refractivity contribution is 0.354. The first-order chi connectivity index (χ1) is 12.3. The van der Waals surface area contributed by atoms with Crippen molar-refractivity contribution in [3.63, 3.8) is 0 Å². The van der Waals surface area contributed by atoms with Crippen LogP contribution in [0.25, 0.3) is 0 Å². The molecule has 148 valence electrons. The third-order valence-corrected chi connectivity index (χ3v) is 5.65. The van der Waals surface area contributed by atoms with Gasteiger partial charge in [0, 0.05) is 34.4 Å². The molecule has 1 atom stereocenters. The third kappa shape index (κ3) is 7.64. The Morgan fingerprint density at radius 1 is 1.15 bits per heavy atom. The molecule has 0 radical (unpaired) electrons. The van der Waals surface area contributed by atoms with E-state index in [1.807, 2.05) is 45.9 Å². The van der Waals surface area contributed by atoms with Gasteiger partial charge >= 0.3 is 0 Å². The van der Waals surface area contributed by atoms with E-state index in [1.54, 1.807) is 14.2 Å². The first-order valence-corrected chi connectivity index (χ1v) is 10.2. The molecular weight excluding hydrogens is 350 g/mol. The van der Waals surface area contributed by atoms with Crippen molar-refractivity contribution in [2.75, 3.05) is 39.6 Å². The molecule has 1 rings (SSSR count). The van der Waals surface area contributed by atoms with Crippen molar-refractivity contribution < 1.29 is 13.7 Å². The number of hydrogen-bond acceptors (Lipinski definition) is 4. The summed E-state index contributed by atoms with van der Waals surface area (Å²) >= 11 is 0. The monoisotopic (exact) mass is 383 g/mol.